The monoisotopic (exact) mass is 185 g/mol. The zero-order valence-corrected chi connectivity index (χ0v) is 8.13. The van der Waals surface area contributed by atoms with Crippen LogP contribution in [0.1, 0.15) is 20.8 Å². The van der Waals surface area contributed by atoms with Crippen LogP contribution in [0.25, 0.3) is 0 Å². The zero-order valence-electron chi connectivity index (χ0n) is 8.13. The summed E-state index contributed by atoms with van der Waals surface area (Å²) in [7, 11) is 0. The first-order valence-corrected chi connectivity index (χ1v) is 4.17. The molecule has 0 bridgehead atoms. The van der Waals surface area contributed by atoms with Gasteiger partial charge in [0.15, 0.2) is 5.96 Å². The Hall–Kier alpha value is -1.10. The highest BCUT2D eigenvalue weighted by Crippen LogP contribution is 2.08. The van der Waals surface area contributed by atoms with E-state index >= 15 is 0 Å². The van der Waals surface area contributed by atoms with E-state index in [0.29, 0.717) is 6.61 Å². The van der Waals surface area contributed by atoms with Crippen LogP contribution in [0.3, 0.4) is 0 Å². The maximum Gasteiger partial charge on any atom is 0.273 e. The lowest BCUT2D eigenvalue weighted by Crippen LogP contribution is -2.41. The number of nitrogens with one attached hydrogen (secondary N) is 1. The molecule has 1 aliphatic heterocycles. The van der Waals surface area contributed by atoms with Crippen molar-refractivity contribution < 1.29 is 9.53 Å². The van der Waals surface area contributed by atoms with Gasteiger partial charge in [-0.2, -0.15) is 4.99 Å². The molecule has 1 heterocycles. The van der Waals surface area contributed by atoms with E-state index in [0.717, 1.165) is 0 Å². The molecule has 0 saturated heterocycles. The van der Waals surface area contributed by atoms with Gasteiger partial charge in [-0.15, -0.1) is 0 Å². The van der Waals surface area contributed by atoms with Gasteiger partial charge in [0.05, 0.1) is 12.2 Å². The topological polar surface area (TPSA) is 76.7 Å². The number of carbonyl (C=O) groups excluding carboxylic acids is 1. The van der Waals surface area contributed by atoms with Crippen LogP contribution < -0.4 is 11.1 Å². The molecule has 0 spiro atoms. The fraction of sp³-hybridized carbons (Fsp3) is 0.750. The molecular formula is C8H15N3O2. The second kappa shape index (κ2) is 3.33. The summed E-state index contributed by atoms with van der Waals surface area (Å²) < 4.78 is 5.42. The molecule has 1 rings (SSSR count). The molecule has 0 aliphatic carbocycles. The molecule has 0 aromatic carbocycles. The smallest absolute Gasteiger partial charge is 0.273 e. The molecule has 1 unspecified atom stereocenters. The van der Waals surface area contributed by atoms with Crippen molar-refractivity contribution in [1.82, 2.24) is 5.32 Å². The number of ether oxygens (including phenoxy) is 1. The summed E-state index contributed by atoms with van der Waals surface area (Å²) in [6.07, 6.45) is 0. The Balaban J connectivity index is 2.37. The molecule has 3 N–H and O–H groups in total. The number of hydrogen-bond acceptors (Lipinski definition) is 4. The van der Waals surface area contributed by atoms with Crippen molar-refractivity contribution in [2.24, 2.45) is 10.7 Å². The van der Waals surface area contributed by atoms with Crippen LogP contribution in [-0.4, -0.2) is 30.1 Å². The van der Waals surface area contributed by atoms with Gasteiger partial charge in [-0.25, -0.2) is 0 Å². The quantitative estimate of drug-likeness (QED) is 0.614. The van der Waals surface area contributed by atoms with Crippen LogP contribution in [0.15, 0.2) is 4.99 Å². The number of nitrogens with zero attached hydrogens (tertiary/aromatic N) is 1. The lowest BCUT2D eigenvalue weighted by atomic mass is 10.2. The lowest BCUT2D eigenvalue weighted by Gasteiger charge is -2.21. The van der Waals surface area contributed by atoms with Gasteiger partial charge in [0.2, 0.25) is 0 Å². The highest BCUT2D eigenvalue weighted by atomic mass is 16.5. The van der Waals surface area contributed by atoms with Gasteiger partial charge in [0.1, 0.15) is 6.04 Å². The molecule has 13 heavy (non-hydrogen) atoms. The summed E-state index contributed by atoms with van der Waals surface area (Å²) in [4.78, 5) is 14.6. The second-order valence-corrected chi connectivity index (χ2v) is 3.96. The van der Waals surface area contributed by atoms with Gasteiger partial charge in [-0.1, -0.05) is 0 Å². The number of hydrogen-bond donors (Lipinski definition) is 2. The van der Waals surface area contributed by atoms with E-state index < -0.39 is 6.04 Å². The summed E-state index contributed by atoms with van der Waals surface area (Å²) in [5.41, 5.74) is 5.07. The van der Waals surface area contributed by atoms with Crippen molar-refractivity contribution in [1.29, 1.82) is 0 Å². The first-order chi connectivity index (χ1) is 5.88. The Morgan fingerprint density at radius 3 is 2.62 bits per heavy atom. The first kappa shape index (κ1) is 9.98. The number of carbonyl (C=O) groups is 1. The van der Waals surface area contributed by atoms with Crippen LogP contribution in [0, 0.1) is 0 Å². The van der Waals surface area contributed by atoms with E-state index in [1.807, 2.05) is 20.8 Å². The lowest BCUT2D eigenvalue weighted by molar-refractivity contribution is -0.121. The minimum Gasteiger partial charge on any atom is -0.373 e. The molecular weight excluding hydrogens is 170 g/mol. The van der Waals surface area contributed by atoms with Gasteiger partial charge in [0.25, 0.3) is 5.91 Å². The third kappa shape index (κ3) is 3.02. The Morgan fingerprint density at radius 2 is 2.23 bits per heavy atom. The van der Waals surface area contributed by atoms with E-state index in [2.05, 4.69) is 10.3 Å². The molecule has 0 fully saturated rings. The summed E-state index contributed by atoms with van der Waals surface area (Å²) in [6.45, 7) is 6.08. The van der Waals surface area contributed by atoms with Crippen molar-refractivity contribution >= 4 is 11.9 Å². The van der Waals surface area contributed by atoms with Crippen molar-refractivity contribution in [2.45, 2.75) is 32.4 Å². The van der Waals surface area contributed by atoms with Gasteiger partial charge in [-0.3, -0.25) is 4.79 Å². The molecule has 5 nitrogen and oxygen atoms in total. The van der Waals surface area contributed by atoms with Crippen molar-refractivity contribution in [2.75, 3.05) is 6.61 Å². The second-order valence-electron chi connectivity index (χ2n) is 3.96. The van der Waals surface area contributed by atoms with Gasteiger partial charge in [-0.05, 0) is 20.8 Å². The normalized spacial score (nSPS) is 22.8. The molecule has 5 heteroatoms. The number of amides is 1. The van der Waals surface area contributed by atoms with E-state index in [1.54, 1.807) is 0 Å². The van der Waals surface area contributed by atoms with Crippen LogP contribution in [0.2, 0.25) is 0 Å². The Labute approximate surface area is 77.3 Å². The maximum absolute atomic E-state index is 11.1. The fourth-order valence-corrected chi connectivity index (χ4v) is 0.915. The largest absolute Gasteiger partial charge is 0.373 e. The third-order valence-corrected chi connectivity index (χ3v) is 1.53. The number of nitrogens with two attached hydrogens (primary N) is 1. The average molecular weight is 185 g/mol. The average Bonchev–Trinajstić information content (AvgIpc) is 2.24. The molecule has 0 aromatic rings. The molecule has 1 aliphatic rings. The molecule has 1 amide bonds. The summed E-state index contributed by atoms with van der Waals surface area (Å²) in [5.74, 6) is -0.0886. The van der Waals surface area contributed by atoms with E-state index in [1.165, 1.54) is 0 Å². The van der Waals surface area contributed by atoms with Crippen LogP contribution in [-0.2, 0) is 9.53 Å². The number of rotatable bonds is 2. The van der Waals surface area contributed by atoms with Gasteiger partial charge < -0.3 is 15.8 Å². The molecule has 74 valence electrons. The predicted molar refractivity (Wildman–Crippen MR) is 49.3 cm³/mol. The van der Waals surface area contributed by atoms with Crippen LogP contribution in [0.5, 0.6) is 0 Å². The highest BCUT2D eigenvalue weighted by molar-refractivity contribution is 6.02. The van der Waals surface area contributed by atoms with E-state index in [4.69, 9.17) is 10.5 Å². The van der Waals surface area contributed by atoms with Crippen molar-refractivity contribution in [3.8, 4) is 0 Å². The standard InChI is InChI=1S/C8H15N3O2/c1-8(2,3)13-4-5-6(12)11-7(9)10-5/h5H,4H2,1-3H3,(H3,9,10,11,12). The zero-order chi connectivity index (χ0) is 10.1. The van der Waals surface area contributed by atoms with Crippen LogP contribution >= 0.6 is 0 Å². The molecule has 0 saturated carbocycles. The SMILES string of the molecule is CC(C)(C)OCC1NC(N)=NC1=O. The Morgan fingerprint density at radius 1 is 1.62 bits per heavy atom. The van der Waals surface area contributed by atoms with Crippen molar-refractivity contribution in [3.63, 3.8) is 0 Å². The van der Waals surface area contributed by atoms with Crippen molar-refractivity contribution in [3.05, 3.63) is 0 Å². The van der Waals surface area contributed by atoms with E-state index in [-0.39, 0.29) is 17.5 Å². The van der Waals surface area contributed by atoms with Gasteiger partial charge in [0, 0.05) is 0 Å². The minimum absolute atomic E-state index is 0.174. The minimum atomic E-state index is -0.417. The molecule has 0 radical (unpaired) electrons. The first-order valence-electron chi connectivity index (χ1n) is 4.17. The number of aliphatic imine (C=N–C) groups is 1. The summed E-state index contributed by atoms with van der Waals surface area (Å²) in [6, 6.07) is -0.417. The molecule has 1 atom stereocenters. The maximum atomic E-state index is 11.1. The molecule has 0 aromatic heterocycles. The van der Waals surface area contributed by atoms with E-state index in [9.17, 15) is 4.79 Å². The summed E-state index contributed by atoms with van der Waals surface area (Å²) >= 11 is 0. The fourth-order valence-electron chi connectivity index (χ4n) is 0.915. The highest BCUT2D eigenvalue weighted by Gasteiger charge is 2.26. The Kier molecular flexibility index (Phi) is 2.56. The third-order valence-electron chi connectivity index (χ3n) is 1.53. The van der Waals surface area contributed by atoms with Crippen LogP contribution in [0.4, 0.5) is 0 Å². The Bertz CT molecular complexity index is 242. The summed E-state index contributed by atoms with van der Waals surface area (Å²) in [5, 5.41) is 2.73. The van der Waals surface area contributed by atoms with Gasteiger partial charge >= 0.3 is 0 Å². The predicted octanol–water partition coefficient (Wildman–Crippen LogP) is -0.385. The number of guanidine groups is 1.